The Morgan fingerprint density at radius 1 is 1.17 bits per heavy atom. The van der Waals surface area contributed by atoms with E-state index < -0.39 is 11.4 Å². The molecule has 1 rings (SSSR count). The molecule has 104 valence electrons. The molecule has 1 N–H and O–H groups in total. The van der Waals surface area contributed by atoms with Crippen molar-refractivity contribution in [1.82, 2.24) is 9.80 Å². The number of carbonyl (C=O) groups is 2. The van der Waals surface area contributed by atoms with Gasteiger partial charge in [0.15, 0.2) is 0 Å². The summed E-state index contributed by atoms with van der Waals surface area (Å²) in [6, 6.07) is 0. The highest BCUT2D eigenvalue weighted by Gasteiger charge is 2.52. The molecule has 0 saturated heterocycles. The number of carbonyl (C=O) groups excluding carboxylic acids is 1. The van der Waals surface area contributed by atoms with Crippen LogP contribution in [-0.4, -0.2) is 60.5 Å². The van der Waals surface area contributed by atoms with Gasteiger partial charge >= 0.3 is 5.97 Å². The van der Waals surface area contributed by atoms with Gasteiger partial charge in [0.2, 0.25) is 5.91 Å². The summed E-state index contributed by atoms with van der Waals surface area (Å²) >= 11 is 0. The number of aliphatic carboxylic acids is 1. The molecule has 5 nitrogen and oxygen atoms in total. The molecule has 1 aliphatic carbocycles. The third-order valence-corrected chi connectivity index (χ3v) is 3.62. The van der Waals surface area contributed by atoms with Gasteiger partial charge in [0.05, 0.1) is 0 Å². The fraction of sp³-hybridized carbons (Fsp3) is 0.846. The van der Waals surface area contributed by atoms with Crippen LogP contribution in [0.2, 0.25) is 0 Å². The Kier molecular flexibility index (Phi) is 5.14. The first-order valence-electron chi connectivity index (χ1n) is 6.61. The predicted molar refractivity (Wildman–Crippen MR) is 69.3 cm³/mol. The molecule has 0 aromatic heterocycles. The second kappa shape index (κ2) is 6.18. The van der Waals surface area contributed by atoms with Crippen molar-refractivity contribution in [2.75, 3.05) is 33.7 Å². The highest BCUT2D eigenvalue weighted by molar-refractivity contribution is 6.02. The Morgan fingerprint density at radius 2 is 1.78 bits per heavy atom. The maximum absolute atomic E-state index is 12.4. The molecule has 0 unspecified atom stereocenters. The second-order valence-electron chi connectivity index (χ2n) is 5.34. The van der Waals surface area contributed by atoms with E-state index in [4.69, 9.17) is 0 Å². The van der Waals surface area contributed by atoms with Gasteiger partial charge in [-0.3, -0.25) is 9.59 Å². The number of carboxylic acid groups (broad SMARTS) is 1. The smallest absolute Gasteiger partial charge is 0.319 e. The summed E-state index contributed by atoms with van der Waals surface area (Å²) in [6.45, 7) is 4.02. The highest BCUT2D eigenvalue weighted by Crippen LogP contribution is 2.42. The van der Waals surface area contributed by atoms with Gasteiger partial charge in [0.1, 0.15) is 5.41 Å². The molecule has 18 heavy (non-hydrogen) atoms. The number of nitrogens with zero attached hydrogens (tertiary/aromatic N) is 2. The summed E-state index contributed by atoms with van der Waals surface area (Å²) in [5, 5.41) is 9.29. The number of likely N-dealkylation sites (N-methyl/N-ethyl adjacent to an activating group) is 1. The Morgan fingerprint density at radius 3 is 2.11 bits per heavy atom. The fourth-order valence-corrected chi connectivity index (χ4v) is 2.26. The first kappa shape index (κ1) is 15.0. The lowest BCUT2D eigenvalue weighted by atomic mass is 9.67. The number of hydrogen-bond donors (Lipinski definition) is 1. The average molecular weight is 256 g/mol. The van der Waals surface area contributed by atoms with E-state index in [-0.39, 0.29) is 5.91 Å². The van der Waals surface area contributed by atoms with E-state index in [1.165, 1.54) is 0 Å². The summed E-state index contributed by atoms with van der Waals surface area (Å²) in [5.41, 5.74) is -1.12. The van der Waals surface area contributed by atoms with Gasteiger partial charge in [-0.05, 0) is 33.4 Å². The molecule has 1 amide bonds. The molecule has 5 heteroatoms. The molecule has 1 saturated carbocycles. The SMILES string of the molecule is CCCN(CCN(C)C)C(=O)C1(C(=O)O)CCC1. The van der Waals surface area contributed by atoms with Crippen molar-refractivity contribution in [2.45, 2.75) is 32.6 Å². The first-order chi connectivity index (χ1) is 8.44. The molecule has 1 fully saturated rings. The summed E-state index contributed by atoms with van der Waals surface area (Å²) in [7, 11) is 3.90. The van der Waals surface area contributed by atoms with Crippen LogP contribution in [0.5, 0.6) is 0 Å². The Hall–Kier alpha value is -1.10. The normalized spacial score (nSPS) is 17.3. The van der Waals surface area contributed by atoms with E-state index in [9.17, 15) is 14.7 Å². The minimum atomic E-state index is -1.12. The minimum Gasteiger partial charge on any atom is -0.480 e. The molecule has 0 bridgehead atoms. The van der Waals surface area contributed by atoms with Gasteiger partial charge in [-0.1, -0.05) is 13.3 Å². The van der Waals surface area contributed by atoms with E-state index >= 15 is 0 Å². The van der Waals surface area contributed by atoms with Crippen LogP contribution in [-0.2, 0) is 9.59 Å². The fourth-order valence-electron chi connectivity index (χ4n) is 2.26. The monoisotopic (exact) mass is 256 g/mol. The zero-order chi connectivity index (χ0) is 13.8. The lowest BCUT2D eigenvalue weighted by Gasteiger charge is -2.40. The van der Waals surface area contributed by atoms with Crippen molar-refractivity contribution in [2.24, 2.45) is 5.41 Å². The van der Waals surface area contributed by atoms with Crippen molar-refractivity contribution >= 4 is 11.9 Å². The topological polar surface area (TPSA) is 60.9 Å². The Balaban J connectivity index is 2.72. The third-order valence-electron chi connectivity index (χ3n) is 3.62. The van der Waals surface area contributed by atoms with E-state index in [1.807, 2.05) is 25.9 Å². The van der Waals surface area contributed by atoms with Crippen molar-refractivity contribution in [3.05, 3.63) is 0 Å². The van der Waals surface area contributed by atoms with Crippen LogP contribution in [0.4, 0.5) is 0 Å². The standard InChI is InChI=1S/C13H24N2O3/c1-4-8-15(10-9-14(2)3)11(16)13(12(17)18)6-5-7-13/h4-10H2,1-3H3,(H,17,18). The largest absolute Gasteiger partial charge is 0.480 e. The molecule has 0 atom stereocenters. The summed E-state index contributed by atoms with van der Waals surface area (Å²) in [6.07, 6.45) is 2.67. The molecule has 0 spiro atoms. The lowest BCUT2D eigenvalue weighted by molar-refractivity contribution is -0.167. The van der Waals surface area contributed by atoms with Gasteiger partial charge < -0.3 is 14.9 Å². The van der Waals surface area contributed by atoms with Crippen LogP contribution < -0.4 is 0 Å². The van der Waals surface area contributed by atoms with Gasteiger partial charge in [0.25, 0.3) is 0 Å². The van der Waals surface area contributed by atoms with E-state index in [0.29, 0.717) is 25.9 Å². The zero-order valence-electron chi connectivity index (χ0n) is 11.6. The molecule has 0 aliphatic heterocycles. The summed E-state index contributed by atoms with van der Waals surface area (Å²) in [4.78, 5) is 27.5. The van der Waals surface area contributed by atoms with Crippen molar-refractivity contribution < 1.29 is 14.7 Å². The van der Waals surface area contributed by atoms with Gasteiger partial charge in [-0.2, -0.15) is 0 Å². The molecular formula is C13H24N2O3. The molecule has 0 aromatic rings. The third kappa shape index (κ3) is 3.02. The van der Waals surface area contributed by atoms with Crippen LogP contribution in [0.25, 0.3) is 0 Å². The number of carboxylic acids is 1. The summed E-state index contributed by atoms with van der Waals surface area (Å²) < 4.78 is 0. The van der Waals surface area contributed by atoms with Gasteiger partial charge in [0, 0.05) is 19.6 Å². The van der Waals surface area contributed by atoms with Crippen LogP contribution >= 0.6 is 0 Å². The number of rotatable bonds is 7. The molecular weight excluding hydrogens is 232 g/mol. The average Bonchev–Trinajstić information content (AvgIpc) is 2.21. The Bertz CT molecular complexity index is 311. The van der Waals surface area contributed by atoms with E-state index in [2.05, 4.69) is 0 Å². The molecule has 0 aromatic carbocycles. The minimum absolute atomic E-state index is 0.190. The van der Waals surface area contributed by atoms with Crippen molar-refractivity contribution in [3.63, 3.8) is 0 Å². The lowest BCUT2D eigenvalue weighted by Crippen LogP contribution is -2.53. The van der Waals surface area contributed by atoms with E-state index in [0.717, 1.165) is 19.4 Å². The first-order valence-corrected chi connectivity index (χ1v) is 6.61. The van der Waals surface area contributed by atoms with Gasteiger partial charge in [-0.25, -0.2) is 0 Å². The Labute approximate surface area is 109 Å². The highest BCUT2D eigenvalue weighted by atomic mass is 16.4. The number of amides is 1. The maximum atomic E-state index is 12.4. The number of hydrogen-bond acceptors (Lipinski definition) is 3. The van der Waals surface area contributed by atoms with Crippen LogP contribution in [0.3, 0.4) is 0 Å². The molecule has 0 radical (unpaired) electrons. The van der Waals surface area contributed by atoms with Gasteiger partial charge in [-0.15, -0.1) is 0 Å². The maximum Gasteiger partial charge on any atom is 0.319 e. The zero-order valence-corrected chi connectivity index (χ0v) is 11.6. The summed E-state index contributed by atoms with van der Waals surface area (Å²) in [5.74, 6) is -1.14. The van der Waals surface area contributed by atoms with Crippen LogP contribution in [0.1, 0.15) is 32.6 Å². The quantitative estimate of drug-likeness (QED) is 0.691. The second-order valence-corrected chi connectivity index (χ2v) is 5.34. The van der Waals surface area contributed by atoms with E-state index in [1.54, 1.807) is 4.90 Å². The van der Waals surface area contributed by atoms with Crippen molar-refractivity contribution in [1.29, 1.82) is 0 Å². The predicted octanol–water partition coefficient (Wildman–Crippen LogP) is 1.04. The molecule has 1 aliphatic rings. The molecule has 0 heterocycles. The van der Waals surface area contributed by atoms with Crippen molar-refractivity contribution in [3.8, 4) is 0 Å². The van der Waals surface area contributed by atoms with Crippen LogP contribution in [0, 0.1) is 5.41 Å². The van der Waals surface area contributed by atoms with Crippen LogP contribution in [0.15, 0.2) is 0 Å².